The maximum Gasteiger partial charge on any atom is 0.270 e. The van der Waals surface area contributed by atoms with Crippen LogP contribution in [0.15, 0.2) is 35.1 Å². The molecule has 25 heavy (non-hydrogen) atoms. The number of aryl methyl sites for hydroxylation is 2. The van der Waals surface area contributed by atoms with Crippen LogP contribution in [0.5, 0.6) is 0 Å². The number of benzene rings is 1. The van der Waals surface area contributed by atoms with Crippen LogP contribution in [0.25, 0.3) is 5.78 Å². The second-order valence-electron chi connectivity index (χ2n) is 5.39. The molecule has 128 valence electrons. The zero-order valence-corrected chi connectivity index (χ0v) is 15.2. The SMILES string of the molecule is Cc1nc2ncnn2c(C)c1CC(=O)NNC(=O)c1ccccc1Br. The smallest absolute Gasteiger partial charge is 0.270 e. The maximum atomic E-state index is 12.2. The summed E-state index contributed by atoms with van der Waals surface area (Å²) >= 11 is 3.30. The molecule has 0 unspecified atom stereocenters. The molecular formula is C16H15BrN6O2. The number of halogens is 1. The van der Waals surface area contributed by atoms with Gasteiger partial charge in [0.25, 0.3) is 11.7 Å². The minimum atomic E-state index is -0.404. The summed E-state index contributed by atoms with van der Waals surface area (Å²) < 4.78 is 2.23. The molecule has 0 saturated carbocycles. The van der Waals surface area contributed by atoms with Gasteiger partial charge < -0.3 is 0 Å². The van der Waals surface area contributed by atoms with Crippen LogP contribution < -0.4 is 10.9 Å². The first-order valence-electron chi connectivity index (χ1n) is 7.47. The summed E-state index contributed by atoms with van der Waals surface area (Å²) in [4.78, 5) is 32.7. The van der Waals surface area contributed by atoms with Crippen molar-refractivity contribution in [2.45, 2.75) is 20.3 Å². The van der Waals surface area contributed by atoms with Crippen LogP contribution in [0, 0.1) is 13.8 Å². The molecule has 3 rings (SSSR count). The molecule has 0 spiro atoms. The molecule has 2 heterocycles. The van der Waals surface area contributed by atoms with E-state index in [0.717, 1.165) is 11.3 Å². The molecular weight excluding hydrogens is 388 g/mol. The fraction of sp³-hybridized carbons (Fsp3) is 0.188. The van der Waals surface area contributed by atoms with E-state index in [4.69, 9.17) is 0 Å². The third kappa shape index (κ3) is 3.50. The third-order valence-corrected chi connectivity index (χ3v) is 4.45. The van der Waals surface area contributed by atoms with E-state index in [0.29, 0.717) is 21.5 Å². The largest absolute Gasteiger partial charge is 0.273 e. The van der Waals surface area contributed by atoms with Gasteiger partial charge in [-0.1, -0.05) is 12.1 Å². The second kappa shape index (κ2) is 6.98. The predicted octanol–water partition coefficient (Wildman–Crippen LogP) is 1.51. The zero-order chi connectivity index (χ0) is 18.0. The molecule has 8 nitrogen and oxygen atoms in total. The first-order chi connectivity index (χ1) is 12.0. The Bertz CT molecular complexity index is 968. The molecule has 3 aromatic rings. The molecule has 2 amide bonds. The number of hydrazine groups is 1. The molecule has 1 aromatic carbocycles. The van der Waals surface area contributed by atoms with Crippen molar-refractivity contribution in [1.82, 2.24) is 30.4 Å². The molecule has 2 N–H and O–H groups in total. The molecule has 0 aliphatic heterocycles. The quantitative estimate of drug-likeness (QED) is 0.646. The fourth-order valence-electron chi connectivity index (χ4n) is 2.46. The van der Waals surface area contributed by atoms with Crippen LogP contribution in [0.1, 0.15) is 27.3 Å². The van der Waals surface area contributed by atoms with Crippen molar-refractivity contribution in [3.05, 3.63) is 57.6 Å². The van der Waals surface area contributed by atoms with E-state index >= 15 is 0 Å². The van der Waals surface area contributed by atoms with E-state index in [-0.39, 0.29) is 12.3 Å². The summed E-state index contributed by atoms with van der Waals surface area (Å²) in [6, 6.07) is 6.95. The van der Waals surface area contributed by atoms with E-state index in [1.54, 1.807) is 28.8 Å². The summed E-state index contributed by atoms with van der Waals surface area (Å²) in [5.74, 6) is -0.270. The van der Waals surface area contributed by atoms with Gasteiger partial charge in [0.05, 0.1) is 12.0 Å². The van der Waals surface area contributed by atoms with Crippen molar-refractivity contribution in [3.8, 4) is 0 Å². The van der Waals surface area contributed by atoms with E-state index in [1.807, 2.05) is 13.8 Å². The number of nitrogens with one attached hydrogen (secondary N) is 2. The van der Waals surface area contributed by atoms with Crippen molar-refractivity contribution in [2.75, 3.05) is 0 Å². The molecule has 0 aliphatic rings. The third-order valence-electron chi connectivity index (χ3n) is 3.76. The molecule has 0 atom stereocenters. The number of aromatic nitrogens is 4. The standard InChI is InChI=1S/C16H15BrN6O2/c1-9-12(10(2)23-16(20-9)18-8-19-23)7-14(24)21-22-15(25)11-5-3-4-6-13(11)17/h3-6,8H,7H2,1-2H3,(H,21,24)(H,22,25). The lowest BCUT2D eigenvalue weighted by Crippen LogP contribution is -2.42. The van der Waals surface area contributed by atoms with E-state index < -0.39 is 5.91 Å². The Morgan fingerprint density at radius 2 is 1.96 bits per heavy atom. The second-order valence-corrected chi connectivity index (χ2v) is 6.25. The highest BCUT2D eigenvalue weighted by Gasteiger charge is 2.15. The van der Waals surface area contributed by atoms with Gasteiger partial charge in [0.15, 0.2) is 0 Å². The van der Waals surface area contributed by atoms with Gasteiger partial charge >= 0.3 is 0 Å². The Balaban J connectivity index is 1.69. The predicted molar refractivity (Wildman–Crippen MR) is 93.7 cm³/mol. The highest BCUT2D eigenvalue weighted by Crippen LogP contribution is 2.15. The first kappa shape index (κ1) is 17.0. The highest BCUT2D eigenvalue weighted by molar-refractivity contribution is 9.10. The van der Waals surface area contributed by atoms with Crippen molar-refractivity contribution in [3.63, 3.8) is 0 Å². The summed E-state index contributed by atoms with van der Waals surface area (Å²) in [6.45, 7) is 3.66. The van der Waals surface area contributed by atoms with Gasteiger partial charge in [-0.2, -0.15) is 10.1 Å². The Hall–Kier alpha value is -2.81. The fourth-order valence-corrected chi connectivity index (χ4v) is 2.92. The monoisotopic (exact) mass is 402 g/mol. The number of hydrogen-bond donors (Lipinski definition) is 2. The lowest BCUT2D eigenvalue weighted by Gasteiger charge is -2.11. The van der Waals surface area contributed by atoms with E-state index in [9.17, 15) is 9.59 Å². The van der Waals surface area contributed by atoms with E-state index in [2.05, 4.69) is 41.8 Å². The van der Waals surface area contributed by atoms with E-state index in [1.165, 1.54) is 6.33 Å². The van der Waals surface area contributed by atoms with Gasteiger partial charge in [0, 0.05) is 21.4 Å². The van der Waals surface area contributed by atoms with Crippen molar-refractivity contribution in [1.29, 1.82) is 0 Å². The zero-order valence-electron chi connectivity index (χ0n) is 13.6. The number of rotatable bonds is 3. The van der Waals surface area contributed by atoms with Crippen molar-refractivity contribution >= 4 is 33.5 Å². The Morgan fingerprint density at radius 3 is 2.72 bits per heavy atom. The molecule has 2 aromatic heterocycles. The minimum absolute atomic E-state index is 0.0662. The van der Waals surface area contributed by atoms with Crippen LogP contribution in [0.4, 0.5) is 0 Å². The maximum absolute atomic E-state index is 12.2. The molecule has 0 fully saturated rings. The molecule has 0 radical (unpaired) electrons. The summed E-state index contributed by atoms with van der Waals surface area (Å²) in [7, 11) is 0. The number of hydrogen-bond acceptors (Lipinski definition) is 5. The van der Waals surface area contributed by atoms with Gasteiger partial charge in [-0.05, 0) is 41.9 Å². The number of nitrogens with zero attached hydrogens (tertiary/aromatic N) is 4. The lowest BCUT2D eigenvalue weighted by atomic mass is 10.1. The summed E-state index contributed by atoms with van der Waals surface area (Å²) in [5.41, 5.74) is 7.48. The van der Waals surface area contributed by atoms with Gasteiger partial charge in [-0.3, -0.25) is 20.4 Å². The molecule has 0 aliphatic carbocycles. The van der Waals surface area contributed by atoms with Crippen LogP contribution in [-0.4, -0.2) is 31.4 Å². The highest BCUT2D eigenvalue weighted by atomic mass is 79.9. The first-order valence-corrected chi connectivity index (χ1v) is 8.26. The van der Waals surface area contributed by atoms with Crippen LogP contribution in [0.2, 0.25) is 0 Å². The average molecular weight is 403 g/mol. The van der Waals surface area contributed by atoms with Crippen LogP contribution >= 0.6 is 15.9 Å². The van der Waals surface area contributed by atoms with Gasteiger partial charge in [0.2, 0.25) is 5.91 Å². The van der Waals surface area contributed by atoms with Crippen LogP contribution in [0.3, 0.4) is 0 Å². The van der Waals surface area contributed by atoms with Gasteiger partial charge in [0.1, 0.15) is 6.33 Å². The molecule has 0 saturated heterocycles. The average Bonchev–Trinajstić information content (AvgIpc) is 3.05. The Labute approximate surface area is 151 Å². The number of carbonyl (C=O) groups excluding carboxylic acids is 2. The Kier molecular flexibility index (Phi) is 4.75. The Morgan fingerprint density at radius 1 is 1.20 bits per heavy atom. The van der Waals surface area contributed by atoms with Crippen molar-refractivity contribution in [2.24, 2.45) is 0 Å². The number of fused-ring (bicyclic) bond motifs is 1. The van der Waals surface area contributed by atoms with Gasteiger partial charge in [-0.25, -0.2) is 9.50 Å². The summed E-state index contributed by atoms with van der Waals surface area (Å²) in [6.07, 6.45) is 1.48. The number of carbonyl (C=O) groups is 2. The topological polar surface area (TPSA) is 101 Å². The minimum Gasteiger partial charge on any atom is -0.273 e. The van der Waals surface area contributed by atoms with Crippen molar-refractivity contribution < 1.29 is 9.59 Å². The number of amides is 2. The molecule has 0 bridgehead atoms. The summed E-state index contributed by atoms with van der Waals surface area (Å²) in [5, 5.41) is 4.09. The van der Waals surface area contributed by atoms with Gasteiger partial charge in [-0.15, -0.1) is 0 Å². The normalized spacial score (nSPS) is 10.7. The molecule has 9 heteroatoms. The van der Waals surface area contributed by atoms with Crippen LogP contribution in [-0.2, 0) is 11.2 Å². The lowest BCUT2D eigenvalue weighted by molar-refractivity contribution is -0.121.